The zero-order chi connectivity index (χ0) is 22.9. The Morgan fingerprint density at radius 2 is 1.48 bits per heavy atom. The van der Waals surface area contributed by atoms with Crippen LogP contribution in [0.1, 0.15) is 21.7 Å². The second-order valence-electron chi connectivity index (χ2n) is 6.33. The number of carbonyl (C=O) groups is 1. The second kappa shape index (κ2) is 8.50. The molecule has 0 unspecified atom stereocenters. The summed E-state index contributed by atoms with van der Waals surface area (Å²) in [6.45, 7) is 1.55. The molecule has 31 heavy (non-hydrogen) atoms. The zero-order valence-corrected chi connectivity index (χ0v) is 18.3. The van der Waals surface area contributed by atoms with Crippen LogP contribution in [0.5, 0.6) is 28.7 Å². The van der Waals surface area contributed by atoms with Crippen LogP contribution in [-0.2, 0) is 4.57 Å². The maximum atomic E-state index is 13.4. The molecule has 0 radical (unpaired) electrons. The summed E-state index contributed by atoms with van der Waals surface area (Å²) in [6.07, 6.45) is 0. The number of hydrogen-bond acceptors (Lipinski definition) is 8. The Labute approximate surface area is 177 Å². The molecule has 1 heterocycles. The average molecular weight is 452 g/mol. The molecule has 0 saturated heterocycles. The molecule has 0 spiro atoms. The van der Waals surface area contributed by atoms with Crippen LogP contribution in [-0.4, -0.2) is 44.0 Å². The quantitative estimate of drug-likeness (QED) is 0.386. The standard InChI is InChI=1S/C20H21O10P/c1-10-16(17(21)11-8-14(26-3)19(28-5)15(9-11)27-4)12-6-7-13(25-2)20(18(12)29-10)30-31(22,23)24/h6-9H,1-5H3,(H2,22,23,24). The number of phosphoric acid groups is 1. The Morgan fingerprint density at radius 3 is 1.97 bits per heavy atom. The van der Waals surface area contributed by atoms with Crippen LogP contribution in [0.15, 0.2) is 28.7 Å². The molecule has 0 aliphatic rings. The Kier molecular flexibility index (Phi) is 6.17. The van der Waals surface area contributed by atoms with Crippen molar-refractivity contribution in [1.29, 1.82) is 0 Å². The number of methoxy groups -OCH3 is 4. The average Bonchev–Trinajstić information content (AvgIpc) is 3.07. The first-order chi connectivity index (χ1) is 14.6. The van der Waals surface area contributed by atoms with Crippen LogP contribution in [0.25, 0.3) is 11.0 Å². The van der Waals surface area contributed by atoms with Gasteiger partial charge in [-0.2, -0.15) is 0 Å². The number of ketones is 1. The van der Waals surface area contributed by atoms with Crippen molar-refractivity contribution in [3.05, 3.63) is 41.2 Å². The number of carbonyl (C=O) groups excluding carboxylic acids is 1. The summed E-state index contributed by atoms with van der Waals surface area (Å²) in [5.74, 6) is 0.445. The summed E-state index contributed by atoms with van der Waals surface area (Å²) in [5, 5.41) is 0.292. The van der Waals surface area contributed by atoms with Crippen molar-refractivity contribution >= 4 is 24.6 Å². The number of furan rings is 1. The number of ether oxygens (including phenoxy) is 4. The van der Waals surface area contributed by atoms with Crippen molar-refractivity contribution in [1.82, 2.24) is 0 Å². The van der Waals surface area contributed by atoms with Crippen molar-refractivity contribution in [2.45, 2.75) is 6.92 Å². The molecule has 0 aliphatic carbocycles. The van der Waals surface area contributed by atoms with Gasteiger partial charge in [0.15, 0.2) is 28.6 Å². The molecule has 0 amide bonds. The molecule has 0 aliphatic heterocycles. The fourth-order valence-corrected chi connectivity index (χ4v) is 3.65. The zero-order valence-electron chi connectivity index (χ0n) is 17.4. The second-order valence-corrected chi connectivity index (χ2v) is 7.50. The van der Waals surface area contributed by atoms with Crippen molar-refractivity contribution in [2.24, 2.45) is 0 Å². The molecule has 0 bridgehead atoms. The molecule has 3 rings (SSSR count). The minimum absolute atomic E-state index is 0.0315. The van der Waals surface area contributed by atoms with Crippen molar-refractivity contribution in [2.75, 3.05) is 28.4 Å². The number of benzene rings is 2. The van der Waals surface area contributed by atoms with Crippen LogP contribution in [0, 0.1) is 6.92 Å². The van der Waals surface area contributed by atoms with Gasteiger partial charge in [0.05, 0.1) is 34.0 Å². The lowest BCUT2D eigenvalue weighted by molar-refractivity contribution is 0.103. The molecule has 0 atom stereocenters. The smallest absolute Gasteiger partial charge is 0.493 e. The number of rotatable bonds is 8. The Hall–Kier alpha value is -3.20. The van der Waals surface area contributed by atoms with Crippen LogP contribution in [0.3, 0.4) is 0 Å². The van der Waals surface area contributed by atoms with Gasteiger partial charge in [0.1, 0.15) is 5.76 Å². The Morgan fingerprint density at radius 1 is 0.903 bits per heavy atom. The van der Waals surface area contributed by atoms with E-state index in [-0.39, 0.29) is 34.0 Å². The number of phosphoric ester groups is 1. The maximum Gasteiger partial charge on any atom is 0.525 e. The van der Waals surface area contributed by atoms with E-state index in [1.54, 1.807) is 13.0 Å². The van der Waals surface area contributed by atoms with Gasteiger partial charge in [-0.1, -0.05) is 0 Å². The topological polar surface area (TPSA) is 134 Å². The summed E-state index contributed by atoms with van der Waals surface area (Å²) < 4.78 is 42.9. The summed E-state index contributed by atoms with van der Waals surface area (Å²) in [4.78, 5) is 31.9. The van der Waals surface area contributed by atoms with E-state index in [2.05, 4.69) is 0 Å². The van der Waals surface area contributed by atoms with Gasteiger partial charge in [-0.3, -0.25) is 14.6 Å². The Balaban J connectivity index is 2.22. The van der Waals surface area contributed by atoms with Gasteiger partial charge in [-0.25, -0.2) is 4.57 Å². The van der Waals surface area contributed by atoms with Gasteiger partial charge >= 0.3 is 7.82 Å². The van der Waals surface area contributed by atoms with Gasteiger partial charge < -0.3 is 27.9 Å². The normalized spacial score (nSPS) is 11.3. The third kappa shape index (κ3) is 4.18. The predicted molar refractivity (Wildman–Crippen MR) is 110 cm³/mol. The monoisotopic (exact) mass is 452 g/mol. The fraction of sp³-hybridized carbons (Fsp3) is 0.250. The predicted octanol–water partition coefficient (Wildman–Crippen LogP) is 3.48. The molecule has 11 heteroatoms. The summed E-state index contributed by atoms with van der Waals surface area (Å²) >= 11 is 0. The summed E-state index contributed by atoms with van der Waals surface area (Å²) in [5.41, 5.74) is 0.382. The van der Waals surface area contributed by atoms with Crippen molar-refractivity contribution in [3.63, 3.8) is 0 Å². The largest absolute Gasteiger partial charge is 0.525 e. The van der Waals surface area contributed by atoms with Gasteiger partial charge in [-0.05, 0) is 31.2 Å². The van der Waals surface area contributed by atoms with Gasteiger partial charge in [0, 0.05) is 10.9 Å². The lowest BCUT2D eigenvalue weighted by Crippen LogP contribution is -2.05. The number of hydrogen-bond donors (Lipinski definition) is 2. The van der Waals surface area contributed by atoms with Crippen LogP contribution < -0.4 is 23.5 Å². The molecule has 0 fully saturated rings. The highest BCUT2D eigenvalue weighted by atomic mass is 31.2. The Bertz CT molecular complexity index is 1170. The first-order valence-corrected chi connectivity index (χ1v) is 10.4. The van der Waals surface area contributed by atoms with Crippen LogP contribution >= 0.6 is 7.82 Å². The fourth-order valence-electron chi connectivity index (χ4n) is 3.24. The minimum atomic E-state index is -4.92. The molecular weight excluding hydrogens is 431 g/mol. The van der Waals surface area contributed by atoms with E-state index in [0.29, 0.717) is 22.6 Å². The third-order valence-electron chi connectivity index (χ3n) is 4.54. The molecule has 10 nitrogen and oxygen atoms in total. The van der Waals surface area contributed by atoms with Crippen molar-refractivity contribution in [3.8, 4) is 28.7 Å². The highest BCUT2D eigenvalue weighted by Gasteiger charge is 2.28. The molecular formula is C20H21O10P. The molecule has 3 aromatic rings. The molecule has 1 aromatic heterocycles. The number of aryl methyl sites for hydroxylation is 1. The molecule has 2 N–H and O–H groups in total. The van der Waals surface area contributed by atoms with E-state index in [9.17, 15) is 19.1 Å². The molecule has 166 valence electrons. The van der Waals surface area contributed by atoms with Gasteiger partial charge in [0.2, 0.25) is 11.5 Å². The first kappa shape index (κ1) is 22.5. The van der Waals surface area contributed by atoms with Crippen molar-refractivity contribution < 1.29 is 47.0 Å². The van der Waals surface area contributed by atoms with E-state index in [1.807, 2.05) is 0 Å². The van der Waals surface area contributed by atoms with Gasteiger partial charge in [0.25, 0.3) is 0 Å². The minimum Gasteiger partial charge on any atom is -0.493 e. The lowest BCUT2D eigenvalue weighted by Gasteiger charge is -2.14. The SMILES string of the molecule is COc1cc(C(=O)c2c(C)oc3c(OP(=O)(O)O)c(OC)ccc23)cc(OC)c1OC. The van der Waals surface area contributed by atoms with Crippen LogP contribution in [0.2, 0.25) is 0 Å². The number of fused-ring (bicyclic) bond motifs is 1. The van der Waals surface area contributed by atoms with Gasteiger partial charge in [-0.15, -0.1) is 0 Å². The first-order valence-electron chi connectivity index (χ1n) is 8.85. The van der Waals surface area contributed by atoms with E-state index in [4.69, 9.17) is 27.9 Å². The molecule has 0 saturated carbocycles. The lowest BCUT2D eigenvalue weighted by atomic mass is 9.99. The summed E-state index contributed by atoms with van der Waals surface area (Å²) in [7, 11) is 0.704. The third-order valence-corrected chi connectivity index (χ3v) is 4.96. The maximum absolute atomic E-state index is 13.4. The summed E-state index contributed by atoms with van der Waals surface area (Å²) in [6, 6.07) is 5.97. The highest BCUT2D eigenvalue weighted by molar-refractivity contribution is 7.46. The van der Waals surface area contributed by atoms with E-state index < -0.39 is 13.6 Å². The highest BCUT2D eigenvalue weighted by Crippen LogP contribution is 2.48. The van der Waals surface area contributed by atoms with E-state index >= 15 is 0 Å². The molecule has 2 aromatic carbocycles. The van der Waals surface area contributed by atoms with E-state index in [0.717, 1.165) is 0 Å². The van der Waals surface area contributed by atoms with E-state index in [1.165, 1.54) is 46.6 Å². The van der Waals surface area contributed by atoms with Crippen LogP contribution in [0.4, 0.5) is 0 Å².